The van der Waals surface area contributed by atoms with Crippen LogP contribution in [-0.4, -0.2) is 12.7 Å². The van der Waals surface area contributed by atoms with Gasteiger partial charge < -0.3 is 27.3 Å². The SMILES string of the molecule is Brc1ccc2oc3cc4oc5ccc(-c6ccccc6)cc5c4cc3c2c1.Brc1ccc2oc3cc4oc5ccc(Br)cc5c4cc3c2c1.C.O[B]Oc1ccccc1. The highest BCUT2D eigenvalue weighted by atomic mass is 79.9. The van der Waals surface area contributed by atoms with Gasteiger partial charge in [-0.25, -0.2) is 0 Å². The van der Waals surface area contributed by atoms with Crippen LogP contribution in [0.5, 0.6) is 5.75 Å². The molecule has 0 aliphatic carbocycles. The lowest BCUT2D eigenvalue weighted by Crippen LogP contribution is -1.98. The lowest BCUT2D eigenvalue weighted by atomic mass is 10.0. The van der Waals surface area contributed by atoms with Crippen LogP contribution in [0.2, 0.25) is 0 Å². The van der Waals surface area contributed by atoms with Crippen molar-refractivity contribution in [2.24, 2.45) is 0 Å². The van der Waals surface area contributed by atoms with Crippen LogP contribution in [0, 0.1) is 0 Å². The summed E-state index contributed by atoms with van der Waals surface area (Å²) in [5, 5.41) is 17.0. The molecule has 0 amide bonds. The van der Waals surface area contributed by atoms with E-state index >= 15 is 0 Å². The zero-order valence-electron chi connectivity index (χ0n) is 30.2. The van der Waals surface area contributed by atoms with Crippen molar-refractivity contribution in [1.82, 2.24) is 0 Å². The van der Waals surface area contributed by atoms with Crippen LogP contribution in [0.3, 0.4) is 0 Å². The molecule has 1 N–H and O–H groups in total. The van der Waals surface area contributed by atoms with Gasteiger partial charge in [0.05, 0.1) is 5.75 Å². The molecule has 0 aliphatic rings. The van der Waals surface area contributed by atoms with Crippen molar-refractivity contribution in [3.05, 3.63) is 171 Å². The van der Waals surface area contributed by atoms with Gasteiger partial charge in [0, 0.05) is 68.6 Å². The maximum absolute atomic E-state index is 8.17. The smallest absolute Gasteiger partial charge is 0.537 e. The first-order valence-electron chi connectivity index (χ1n) is 18.2. The van der Waals surface area contributed by atoms with Crippen molar-refractivity contribution in [2.45, 2.75) is 7.43 Å². The molecule has 0 atom stereocenters. The molecule has 59 heavy (non-hydrogen) atoms. The third kappa shape index (κ3) is 7.42. The predicted molar refractivity (Wildman–Crippen MR) is 252 cm³/mol. The van der Waals surface area contributed by atoms with Gasteiger partial charge in [0.15, 0.2) is 0 Å². The van der Waals surface area contributed by atoms with Gasteiger partial charge in [-0.05, 0) is 102 Å². The van der Waals surface area contributed by atoms with Crippen molar-refractivity contribution in [1.29, 1.82) is 0 Å². The highest BCUT2D eigenvalue weighted by Crippen LogP contribution is 2.40. The molecule has 8 aromatic carbocycles. The van der Waals surface area contributed by atoms with Gasteiger partial charge in [0.1, 0.15) is 44.7 Å². The number of hydrogen-bond donors (Lipinski definition) is 1. The number of fused-ring (bicyclic) bond motifs is 12. The van der Waals surface area contributed by atoms with E-state index in [-0.39, 0.29) is 7.43 Å². The molecule has 6 nitrogen and oxygen atoms in total. The van der Waals surface area contributed by atoms with Gasteiger partial charge >= 0.3 is 7.69 Å². The summed E-state index contributed by atoms with van der Waals surface area (Å²) in [6.07, 6.45) is 0. The number of benzene rings is 8. The quantitative estimate of drug-likeness (QED) is 0.178. The second-order valence-corrected chi connectivity index (χ2v) is 16.4. The first-order valence-corrected chi connectivity index (χ1v) is 20.6. The lowest BCUT2D eigenvalue weighted by Gasteiger charge is -2.01. The Kier molecular flexibility index (Phi) is 10.6. The highest BCUT2D eigenvalue weighted by molar-refractivity contribution is 9.11. The van der Waals surface area contributed by atoms with Crippen LogP contribution in [0.1, 0.15) is 7.43 Å². The van der Waals surface area contributed by atoms with Crippen molar-refractivity contribution < 1.29 is 27.3 Å². The zero-order chi connectivity index (χ0) is 39.3. The molecule has 4 heterocycles. The standard InChI is InChI=1S/C24H13BrO2.C18H8Br2O2.C6H6BO2.CH4/c25-16-7-9-22-18(11-16)20-12-19-17-10-15(14-4-2-1-3-5-14)6-8-21(17)26-23(19)13-24(20)27-22;19-9-1-3-15-11(5-9)13-7-14-12-6-10(20)2-4-16(12)22-18(14)8-17(13)21-15;8-7-9-6-4-2-1-3-5-6;/h1-13H;1-8H;1-5,8H;1H4. The summed E-state index contributed by atoms with van der Waals surface area (Å²) in [7, 11) is 0.662. The van der Waals surface area contributed by atoms with E-state index in [0.717, 1.165) is 101 Å². The number of hydrogen-bond acceptors (Lipinski definition) is 6. The fourth-order valence-electron chi connectivity index (χ4n) is 7.38. The minimum absolute atomic E-state index is 0. The Bertz CT molecular complexity index is 3370. The Balaban J connectivity index is 0.000000126. The van der Waals surface area contributed by atoms with Gasteiger partial charge in [-0.2, -0.15) is 0 Å². The van der Waals surface area contributed by atoms with E-state index < -0.39 is 0 Å². The van der Waals surface area contributed by atoms with Crippen molar-refractivity contribution >= 4 is 143 Å². The van der Waals surface area contributed by atoms with Crippen molar-refractivity contribution in [2.75, 3.05) is 0 Å². The molecule has 10 heteroatoms. The van der Waals surface area contributed by atoms with Crippen LogP contribution in [0.4, 0.5) is 0 Å². The normalized spacial score (nSPS) is 11.3. The van der Waals surface area contributed by atoms with Crippen LogP contribution in [-0.2, 0) is 0 Å². The molecule has 1 radical (unpaired) electrons. The summed E-state index contributed by atoms with van der Waals surface area (Å²) in [5.74, 6) is 0.639. The molecule has 287 valence electrons. The van der Waals surface area contributed by atoms with Gasteiger partial charge in [0.2, 0.25) is 0 Å². The summed E-state index contributed by atoms with van der Waals surface area (Å²) in [5.41, 5.74) is 9.32. The average Bonchev–Trinajstić information content (AvgIpc) is 3.99. The topological polar surface area (TPSA) is 82.0 Å². The van der Waals surface area contributed by atoms with Gasteiger partial charge in [-0.1, -0.05) is 110 Å². The third-order valence-corrected chi connectivity index (χ3v) is 11.5. The molecule has 0 unspecified atom stereocenters. The van der Waals surface area contributed by atoms with Crippen LogP contribution in [0.25, 0.3) is 98.9 Å². The first-order chi connectivity index (χ1) is 28.4. The predicted octanol–water partition coefficient (Wildman–Crippen LogP) is 16.2. The van der Waals surface area contributed by atoms with Crippen LogP contribution in [0.15, 0.2) is 189 Å². The zero-order valence-corrected chi connectivity index (χ0v) is 35.0. The fraction of sp³-hybridized carbons (Fsp3) is 0.0204. The molecule has 0 spiro atoms. The molecule has 0 fully saturated rings. The van der Waals surface area contributed by atoms with E-state index in [0.29, 0.717) is 13.4 Å². The molecular formula is C49H31BBr3O6. The van der Waals surface area contributed by atoms with Crippen molar-refractivity contribution in [3.8, 4) is 16.9 Å². The maximum Gasteiger partial charge on any atom is 0.569 e. The van der Waals surface area contributed by atoms with E-state index in [4.69, 9.17) is 22.7 Å². The first kappa shape index (κ1) is 38.7. The summed E-state index contributed by atoms with van der Waals surface area (Å²) < 4.78 is 31.8. The molecule has 0 saturated heterocycles. The Morgan fingerprint density at radius 3 is 1.12 bits per heavy atom. The van der Waals surface area contributed by atoms with E-state index in [1.807, 2.05) is 78.9 Å². The van der Waals surface area contributed by atoms with Crippen LogP contribution >= 0.6 is 47.8 Å². The Labute approximate surface area is 363 Å². The highest BCUT2D eigenvalue weighted by Gasteiger charge is 2.16. The molecule has 4 aromatic heterocycles. The minimum atomic E-state index is 0. The van der Waals surface area contributed by atoms with E-state index in [9.17, 15) is 0 Å². The lowest BCUT2D eigenvalue weighted by molar-refractivity contribution is 0.454. The minimum Gasteiger partial charge on any atom is -0.537 e. The number of halogens is 3. The number of rotatable bonds is 3. The average molecular weight is 966 g/mol. The summed E-state index contributed by atoms with van der Waals surface area (Å²) in [4.78, 5) is 0. The maximum atomic E-state index is 8.17. The van der Waals surface area contributed by atoms with E-state index in [1.54, 1.807) is 12.1 Å². The Morgan fingerprint density at radius 1 is 0.356 bits per heavy atom. The number of furan rings is 4. The Hall–Kier alpha value is -5.78. The van der Waals surface area contributed by atoms with Gasteiger partial charge in [0.25, 0.3) is 0 Å². The second-order valence-electron chi connectivity index (χ2n) is 13.6. The van der Waals surface area contributed by atoms with Crippen molar-refractivity contribution in [3.63, 3.8) is 0 Å². The molecule has 0 bridgehead atoms. The summed E-state index contributed by atoms with van der Waals surface area (Å²) >= 11 is 10.6. The second kappa shape index (κ2) is 16.1. The molecule has 12 rings (SSSR count). The van der Waals surface area contributed by atoms with Gasteiger partial charge in [-0.15, -0.1) is 0 Å². The van der Waals surface area contributed by atoms with E-state index in [1.165, 1.54) is 11.1 Å². The fourth-order valence-corrected chi connectivity index (χ4v) is 8.46. The molecule has 0 saturated carbocycles. The number of para-hydroxylation sites is 1. The summed E-state index contributed by atoms with van der Waals surface area (Å²) in [6, 6.07) is 52.4. The summed E-state index contributed by atoms with van der Waals surface area (Å²) in [6.45, 7) is 0. The largest absolute Gasteiger partial charge is 0.569 e. The molecule has 12 aromatic rings. The monoisotopic (exact) mass is 963 g/mol. The molecular weight excluding hydrogens is 935 g/mol. The van der Waals surface area contributed by atoms with Crippen LogP contribution < -0.4 is 4.65 Å². The van der Waals surface area contributed by atoms with E-state index in [2.05, 4.69) is 119 Å². The third-order valence-electron chi connectivity index (χ3n) is 10.0. The van der Waals surface area contributed by atoms with Gasteiger partial charge in [-0.3, -0.25) is 0 Å². The molecule has 0 aliphatic heterocycles. The Morgan fingerprint density at radius 2 is 0.712 bits per heavy atom.